The van der Waals surface area contributed by atoms with Crippen LogP contribution in [0.2, 0.25) is 0 Å². The van der Waals surface area contributed by atoms with E-state index in [1.54, 1.807) is 17.2 Å². The zero-order valence-electron chi connectivity index (χ0n) is 8.59. The van der Waals surface area contributed by atoms with E-state index in [1.165, 1.54) is 0 Å². The van der Waals surface area contributed by atoms with Gasteiger partial charge in [-0.15, -0.1) is 0 Å². The van der Waals surface area contributed by atoms with Crippen LogP contribution in [0.15, 0.2) is 16.7 Å². The van der Waals surface area contributed by atoms with E-state index in [0.717, 1.165) is 24.0 Å². The summed E-state index contributed by atoms with van der Waals surface area (Å²) < 4.78 is 0.906. The van der Waals surface area contributed by atoms with E-state index >= 15 is 0 Å². The van der Waals surface area contributed by atoms with Crippen molar-refractivity contribution in [1.29, 1.82) is 0 Å². The van der Waals surface area contributed by atoms with Crippen molar-refractivity contribution in [3.8, 4) is 0 Å². The second-order valence-corrected chi connectivity index (χ2v) is 4.71. The van der Waals surface area contributed by atoms with Crippen molar-refractivity contribution in [3.05, 3.63) is 22.4 Å². The van der Waals surface area contributed by atoms with Gasteiger partial charge in [0.25, 0.3) is 5.91 Å². The lowest BCUT2D eigenvalue weighted by molar-refractivity contribution is 0.0738. The summed E-state index contributed by atoms with van der Waals surface area (Å²) in [5.74, 6) is 0.0504. The molecule has 1 aliphatic heterocycles. The highest BCUT2D eigenvalue weighted by atomic mass is 79.9. The van der Waals surface area contributed by atoms with Gasteiger partial charge in [0.2, 0.25) is 0 Å². The molecule has 1 aromatic heterocycles. The molecule has 0 spiro atoms. The minimum Gasteiger partial charge on any atom is -0.356 e. The molecule has 5 heteroatoms. The molecule has 1 aliphatic rings. The molecule has 1 unspecified atom stereocenters. The first-order valence-corrected chi connectivity index (χ1v) is 5.79. The van der Waals surface area contributed by atoms with Gasteiger partial charge < -0.3 is 15.2 Å². The number of likely N-dealkylation sites (N-methyl/N-ethyl adjacent to an activating group) is 1. The van der Waals surface area contributed by atoms with E-state index < -0.39 is 0 Å². The van der Waals surface area contributed by atoms with Gasteiger partial charge in [-0.3, -0.25) is 4.79 Å². The van der Waals surface area contributed by atoms with Crippen LogP contribution in [0.3, 0.4) is 0 Å². The molecular formula is C10H14BrN3O. The van der Waals surface area contributed by atoms with E-state index in [1.807, 2.05) is 7.05 Å². The third-order valence-electron chi connectivity index (χ3n) is 2.78. The number of carbonyl (C=O) groups excluding carboxylic acids is 1. The number of rotatable bonds is 2. The van der Waals surface area contributed by atoms with Crippen LogP contribution in [0.5, 0.6) is 0 Å². The van der Waals surface area contributed by atoms with Crippen LogP contribution < -0.4 is 5.32 Å². The molecule has 82 valence electrons. The first kappa shape index (κ1) is 10.7. The maximum absolute atomic E-state index is 12.0. The van der Waals surface area contributed by atoms with E-state index in [9.17, 15) is 4.79 Å². The quantitative estimate of drug-likeness (QED) is 0.850. The predicted octanol–water partition coefficient (Wildman–Crippen LogP) is 1.21. The first-order valence-electron chi connectivity index (χ1n) is 5.00. The number of nitrogens with one attached hydrogen (secondary N) is 2. The topological polar surface area (TPSA) is 48.1 Å². The standard InChI is InChI=1S/C10H14BrN3O/c1-14(8-2-3-12-6-8)10(15)9-4-7(11)5-13-9/h4-5,8,12-13H,2-3,6H2,1H3. The molecule has 0 aromatic carbocycles. The fraction of sp³-hybridized carbons (Fsp3) is 0.500. The van der Waals surface area contributed by atoms with Crippen molar-refractivity contribution in [2.75, 3.05) is 20.1 Å². The van der Waals surface area contributed by atoms with Gasteiger partial charge in [-0.2, -0.15) is 0 Å². The smallest absolute Gasteiger partial charge is 0.270 e. The summed E-state index contributed by atoms with van der Waals surface area (Å²) in [5, 5.41) is 3.25. The van der Waals surface area contributed by atoms with Gasteiger partial charge in [-0.05, 0) is 35.0 Å². The van der Waals surface area contributed by atoms with Gasteiger partial charge in [0.15, 0.2) is 0 Å². The Morgan fingerprint density at radius 1 is 1.67 bits per heavy atom. The Morgan fingerprint density at radius 2 is 2.47 bits per heavy atom. The number of H-pyrrole nitrogens is 1. The third kappa shape index (κ3) is 2.23. The van der Waals surface area contributed by atoms with Crippen molar-refractivity contribution in [3.63, 3.8) is 0 Å². The summed E-state index contributed by atoms with van der Waals surface area (Å²) in [4.78, 5) is 16.7. The Kier molecular flexibility index (Phi) is 3.11. The highest BCUT2D eigenvalue weighted by Gasteiger charge is 2.24. The van der Waals surface area contributed by atoms with Crippen LogP contribution >= 0.6 is 15.9 Å². The summed E-state index contributed by atoms with van der Waals surface area (Å²) in [6, 6.07) is 2.13. The summed E-state index contributed by atoms with van der Waals surface area (Å²) in [7, 11) is 1.86. The Hall–Kier alpha value is -0.810. The maximum Gasteiger partial charge on any atom is 0.270 e. The molecule has 0 saturated carbocycles. The molecule has 1 aromatic rings. The lowest BCUT2D eigenvalue weighted by Crippen LogP contribution is -2.38. The van der Waals surface area contributed by atoms with Crippen LogP contribution in [0.25, 0.3) is 0 Å². The van der Waals surface area contributed by atoms with Crippen LogP contribution in [0.1, 0.15) is 16.9 Å². The van der Waals surface area contributed by atoms with Crippen molar-refractivity contribution in [2.45, 2.75) is 12.5 Å². The summed E-state index contributed by atoms with van der Waals surface area (Å²) in [6.07, 6.45) is 2.80. The van der Waals surface area contributed by atoms with Gasteiger partial charge in [-0.1, -0.05) is 0 Å². The largest absolute Gasteiger partial charge is 0.356 e. The van der Waals surface area contributed by atoms with E-state index in [4.69, 9.17) is 0 Å². The number of halogens is 1. The molecule has 1 amide bonds. The van der Waals surface area contributed by atoms with Gasteiger partial charge >= 0.3 is 0 Å². The van der Waals surface area contributed by atoms with Crippen LogP contribution in [0, 0.1) is 0 Å². The van der Waals surface area contributed by atoms with Gasteiger partial charge in [0, 0.05) is 30.3 Å². The Bertz CT molecular complexity index is 357. The Morgan fingerprint density at radius 3 is 3.00 bits per heavy atom. The predicted molar refractivity (Wildman–Crippen MR) is 61.9 cm³/mol. The number of aromatic nitrogens is 1. The average molecular weight is 272 g/mol. The first-order chi connectivity index (χ1) is 7.18. The second-order valence-electron chi connectivity index (χ2n) is 3.79. The molecule has 2 rings (SSSR count). The number of carbonyl (C=O) groups is 1. The van der Waals surface area contributed by atoms with E-state index in [-0.39, 0.29) is 5.91 Å². The fourth-order valence-corrected chi connectivity index (χ4v) is 2.16. The van der Waals surface area contributed by atoms with Crippen molar-refractivity contribution in [2.24, 2.45) is 0 Å². The second kappa shape index (κ2) is 4.37. The number of hydrogen-bond donors (Lipinski definition) is 2. The van der Waals surface area contributed by atoms with E-state index in [2.05, 4.69) is 26.2 Å². The molecule has 2 N–H and O–H groups in total. The molecule has 1 atom stereocenters. The molecule has 1 saturated heterocycles. The molecule has 15 heavy (non-hydrogen) atoms. The normalized spacial score (nSPS) is 20.5. The van der Waals surface area contributed by atoms with Crippen LogP contribution in [-0.4, -0.2) is 42.0 Å². The Labute approximate surface area is 97.2 Å². The maximum atomic E-state index is 12.0. The molecule has 2 heterocycles. The molecule has 0 aliphatic carbocycles. The molecule has 0 radical (unpaired) electrons. The van der Waals surface area contributed by atoms with Crippen LogP contribution in [0.4, 0.5) is 0 Å². The monoisotopic (exact) mass is 271 g/mol. The van der Waals surface area contributed by atoms with Gasteiger partial charge in [0.05, 0.1) is 0 Å². The zero-order chi connectivity index (χ0) is 10.8. The summed E-state index contributed by atoms with van der Waals surface area (Å²) in [5.41, 5.74) is 0.635. The van der Waals surface area contributed by atoms with Crippen LogP contribution in [-0.2, 0) is 0 Å². The molecule has 4 nitrogen and oxygen atoms in total. The highest BCUT2D eigenvalue weighted by Crippen LogP contribution is 2.14. The van der Waals surface area contributed by atoms with Gasteiger partial charge in [0.1, 0.15) is 5.69 Å². The van der Waals surface area contributed by atoms with Crippen molar-refractivity contribution < 1.29 is 4.79 Å². The molecular weight excluding hydrogens is 258 g/mol. The van der Waals surface area contributed by atoms with Gasteiger partial charge in [-0.25, -0.2) is 0 Å². The summed E-state index contributed by atoms with van der Waals surface area (Å²) in [6.45, 7) is 1.89. The minimum atomic E-state index is 0.0504. The Balaban J connectivity index is 2.06. The third-order valence-corrected chi connectivity index (χ3v) is 3.24. The highest BCUT2D eigenvalue weighted by molar-refractivity contribution is 9.10. The fourth-order valence-electron chi connectivity index (χ4n) is 1.82. The number of amides is 1. The summed E-state index contributed by atoms with van der Waals surface area (Å²) >= 11 is 3.32. The number of hydrogen-bond acceptors (Lipinski definition) is 2. The molecule has 0 bridgehead atoms. The molecule has 1 fully saturated rings. The zero-order valence-corrected chi connectivity index (χ0v) is 10.2. The van der Waals surface area contributed by atoms with E-state index in [0.29, 0.717) is 11.7 Å². The average Bonchev–Trinajstić information content (AvgIpc) is 2.85. The number of aromatic amines is 1. The number of nitrogens with zero attached hydrogens (tertiary/aromatic N) is 1. The lowest BCUT2D eigenvalue weighted by atomic mass is 10.2. The minimum absolute atomic E-state index is 0.0504. The SMILES string of the molecule is CN(C(=O)c1cc(Br)c[nH]1)C1CCNC1. The van der Waals surface area contributed by atoms with Crippen molar-refractivity contribution >= 4 is 21.8 Å². The van der Waals surface area contributed by atoms with Crippen molar-refractivity contribution in [1.82, 2.24) is 15.2 Å². The lowest BCUT2D eigenvalue weighted by Gasteiger charge is -2.23.